The second-order valence-corrected chi connectivity index (χ2v) is 17.2. The number of sulfonamides is 1. The third-order valence-corrected chi connectivity index (χ3v) is 11.6. The van der Waals surface area contributed by atoms with E-state index in [2.05, 4.69) is 20.7 Å². The fourth-order valence-corrected chi connectivity index (χ4v) is 7.92. The van der Waals surface area contributed by atoms with Crippen LogP contribution in [0.2, 0.25) is 0 Å². The van der Waals surface area contributed by atoms with Crippen molar-refractivity contribution in [1.29, 1.82) is 0 Å². The van der Waals surface area contributed by atoms with Gasteiger partial charge in [-0.05, 0) is 66.4 Å². The van der Waals surface area contributed by atoms with Gasteiger partial charge in [-0.15, -0.1) is 0 Å². The zero-order chi connectivity index (χ0) is 34.0. The van der Waals surface area contributed by atoms with E-state index in [0.29, 0.717) is 6.54 Å². The summed E-state index contributed by atoms with van der Waals surface area (Å²) in [6.07, 6.45) is 2.15. The summed E-state index contributed by atoms with van der Waals surface area (Å²) < 4.78 is 27.8. The number of hydrogen-bond acceptors (Lipinski definition) is 7. The Balaban J connectivity index is 1.31. The van der Waals surface area contributed by atoms with Crippen LogP contribution in [0.4, 0.5) is 4.79 Å². The van der Waals surface area contributed by atoms with Crippen LogP contribution >= 0.6 is 0 Å². The summed E-state index contributed by atoms with van der Waals surface area (Å²) in [4.78, 5) is 68.9. The first-order valence-corrected chi connectivity index (χ1v) is 17.6. The Labute approximate surface area is 271 Å². The van der Waals surface area contributed by atoms with Crippen LogP contribution < -0.4 is 20.7 Å². The lowest BCUT2D eigenvalue weighted by atomic mass is 9.85. The van der Waals surface area contributed by atoms with Gasteiger partial charge in [0.15, 0.2) is 5.78 Å². The van der Waals surface area contributed by atoms with Crippen molar-refractivity contribution in [3.8, 4) is 0 Å². The van der Waals surface area contributed by atoms with Crippen LogP contribution in [-0.4, -0.2) is 73.1 Å². The van der Waals surface area contributed by atoms with E-state index in [1.54, 1.807) is 18.2 Å². The average Bonchev–Trinajstić information content (AvgIpc) is 3.92. The number of likely N-dealkylation sites (tertiary alicyclic amines) is 1. The molecule has 1 saturated heterocycles. The van der Waals surface area contributed by atoms with Crippen molar-refractivity contribution in [1.82, 2.24) is 25.6 Å². The van der Waals surface area contributed by atoms with Crippen molar-refractivity contribution >= 4 is 39.6 Å². The Kier molecular flexibility index (Phi) is 8.57. The third kappa shape index (κ3) is 6.52. The maximum atomic E-state index is 14.2. The second-order valence-electron chi connectivity index (χ2n) is 15.5. The van der Waals surface area contributed by atoms with Gasteiger partial charge >= 0.3 is 6.03 Å². The van der Waals surface area contributed by atoms with Crippen LogP contribution in [-0.2, 0) is 29.2 Å². The molecule has 0 aromatic heterocycles. The van der Waals surface area contributed by atoms with Crippen LogP contribution in [0.1, 0.15) is 74.1 Å². The molecule has 252 valence electrons. The number of carbonyl (C=O) groups excluding carboxylic acids is 5. The van der Waals surface area contributed by atoms with Crippen molar-refractivity contribution in [2.24, 2.45) is 34.5 Å². The molecule has 0 spiro atoms. The normalized spacial score (nSPS) is 25.5. The van der Waals surface area contributed by atoms with E-state index in [1.807, 2.05) is 48.5 Å². The molecule has 5 amide bonds. The number of fused-ring (bicyclic) bond motifs is 1. The number of piperidine rings is 1. The van der Waals surface area contributed by atoms with Gasteiger partial charge in [-0.1, -0.05) is 66.7 Å². The number of rotatable bonds is 11. The lowest BCUT2D eigenvalue weighted by Crippen LogP contribution is -2.62. The molecule has 0 unspecified atom stereocenters. The second kappa shape index (κ2) is 11.6. The van der Waals surface area contributed by atoms with E-state index in [-0.39, 0.29) is 52.6 Å². The van der Waals surface area contributed by atoms with Gasteiger partial charge in [-0.25, -0.2) is 17.9 Å². The quantitative estimate of drug-likeness (QED) is 0.283. The SMILES string of the molecule is CC(C)[C@H](NC(=O)N[C@H](C(=O)N1C[C@H]2[C@@H]([C@H]1C(=O)NC1(C(=O)NS(=O)(=O)c3ccccc3)CC1)C2(C)C)C(C)(C)C)C(=O)C1CC1. The third-order valence-electron chi connectivity index (χ3n) is 10.2. The monoisotopic (exact) mass is 657 g/mol. The zero-order valence-corrected chi connectivity index (χ0v) is 28.5. The molecule has 4 aliphatic rings. The summed E-state index contributed by atoms with van der Waals surface area (Å²) in [5, 5.41) is 8.40. The molecule has 3 saturated carbocycles. The summed E-state index contributed by atoms with van der Waals surface area (Å²) in [7, 11) is -4.15. The zero-order valence-electron chi connectivity index (χ0n) is 27.7. The molecule has 1 aliphatic heterocycles. The van der Waals surface area contributed by atoms with Gasteiger partial charge in [0.25, 0.3) is 15.9 Å². The molecule has 5 rings (SSSR count). The van der Waals surface area contributed by atoms with Crippen LogP contribution in [0, 0.1) is 34.5 Å². The standard InChI is InChI=1S/C33H47N5O7S/c1-18(2)23(25(39)19-13-14-19)34-30(43)35-26(31(3,4)5)28(41)38-17-21-22(32(21,6)7)24(38)27(40)36-33(15-16-33)29(42)37-46(44,45)20-11-9-8-10-12-20/h8-12,18-19,21-24,26H,13-17H2,1-7H3,(H,36,40)(H,37,42)(H2,34,35,43)/t21-,22-,23-,24-,26+/m0/s1. The molecule has 1 aromatic carbocycles. The topological polar surface area (TPSA) is 171 Å². The van der Waals surface area contributed by atoms with Gasteiger partial charge < -0.3 is 20.9 Å². The Bertz CT molecular complexity index is 1530. The van der Waals surface area contributed by atoms with Crippen molar-refractivity contribution in [2.45, 2.75) is 103 Å². The molecule has 46 heavy (non-hydrogen) atoms. The van der Waals surface area contributed by atoms with Crippen molar-refractivity contribution in [3.63, 3.8) is 0 Å². The fourth-order valence-electron chi connectivity index (χ4n) is 6.85. The first-order chi connectivity index (χ1) is 21.3. The summed E-state index contributed by atoms with van der Waals surface area (Å²) >= 11 is 0. The Morgan fingerprint density at radius 3 is 2.09 bits per heavy atom. The number of Topliss-reactive ketones (excluding diaryl/α,β-unsaturated/α-hetero) is 1. The minimum absolute atomic E-state index is 0.00278. The number of urea groups is 1. The predicted octanol–water partition coefficient (Wildman–Crippen LogP) is 2.34. The van der Waals surface area contributed by atoms with E-state index in [9.17, 15) is 32.4 Å². The van der Waals surface area contributed by atoms with Crippen LogP contribution in [0.5, 0.6) is 0 Å². The fraction of sp³-hybridized carbons (Fsp3) is 0.667. The largest absolute Gasteiger partial charge is 0.340 e. The summed E-state index contributed by atoms with van der Waals surface area (Å²) in [5.74, 6) is -2.06. The Hall–Kier alpha value is -3.48. The number of nitrogens with one attached hydrogen (secondary N) is 4. The lowest BCUT2D eigenvalue weighted by molar-refractivity contribution is -0.144. The lowest BCUT2D eigenvalue weighted by Gasteiger charge is -2.38. The van der Waals surface area contributed by atoms with E-state index in [1.165, 1.54) is 17.0 Å². The first kappa shape index (κ1) is 33.9. The predicted molar refractivity (Wildman–Crippen MR) is 169 cm³/mol. The molecule has 13 heteroatoms. The maximum Gasteiger partial charge on any atom is 0.316 e. The van der Waals surface area contributed by atoms with Crippen LogP contribution in [0.15, 0.2) is 35.2 Å². The number of hydrogen-bond donors (Lipinski definition) is 4. The molecule has 5 atom stereocenters. The average molecular weight is 658 g/mol. The molecular formula is C33H47N5O7S. The van der Waals surface area contributed by atoms with Gasteiger partial charge in [0.2, 0.25) is 11.8 Å². The van der Waals surface area contributed by atoms with Crippen molar-refractivity contribution < 1.29 is 32.4 Å². The van der Waals surface area contributed by atoms with Crippen LogP contribution in [0.3, 0.4) is 0 Å². The molecule has 4 N–H and O–H groups in total. The van der Waals surface area contributed by atoms with Crippen molar-refractivity contribution in [3.05, 3.63) is 30.3 Å². The molecule has 12 nitrogen and oxygen atoms in total. The Morgan fingerprint density at radius 1 is 0.957 bits per heavy atom. The highest BCUT2D eigenvalue weighted by atomic mass is 32.2. The molecule has 1 aromatic rings. The molecule has 4 fully saturated rings. The molecule has 1 heterocycles. The first-order valence-electron chi connectivity index (χ1n) is 16.2. The smallest absolute Gasteiger partial charge is 0.316 e. The number of benzene rings is 1. The summed E-state index contributed by atoms with van der Waals surface area (Å²) in [6.45, 7) is 13.6. The summed E-state index contributed by atoms with van der Waals surface area (Å²) in [5.41, 5.74) is -2.36. The summed E-state index contributed by atoms with van der Waals surface area (Å²) in [6, 6.07) is 4.29. The van der Waals surface area contributed by atoms with Gasteiger partial charge in [0.1, 0.15) is 17.6 Å². The van der Waals surface area contributed by atoms with Gasteiger partial charge in [0, 0.05) is 12.5 Å². The minimum Gasteiger partial charge on any atom is -0.340 e. The number of carbonyl (C=O) groups is 5. The van der Waals surface area contributed by atoms with E-state index >= 15 is 0 Å². The van der Waals surface area contributed by atoms with Crippen molar-refractivity contribution in [2.75, 3.05) is 6.54 Å². The Morgan fingerprint density at radius 2 is 1.57 bits per heavy atom. The van der Waals surface area contributed by atoms with Gasteiger partial charge in [0.05, 0.1) is 10.9 Å². The highest BCUT2D eigenvalue weighted by Gasteiger charge is 2.70. The minimum atomic E-state index is -4.15. The molecule has 0 radical (unpaired) electrons. The highest BCUT2D eigenvalue weighted by Crippen LogP contribution is 2.65. The van der Waals surface area contributed by atoms with Gasteiger partial charge in [-0.2, -0.15) is 0 Å². The molecular weight excluding hydrogens is 610 g/mol. The number of ketones is 1. The molecule has 3 aliphatic carbocycles. The van der Waals surface area contributed by atoms with Gasteiger partial charge in [-0.3, -0.25) is 19.2 Å². The number of nitrogens with zero attached hydrogens (tertiary/aromatic N) is 1. The molecule has 0 bridgehead atoms. The number of amides is 5. The maximum absolute atomic E-state index is 14.2. The van der Waals surface area contributed by atoms with E-state index in [4.69, 9.17) is 0 Å². The van der Waals surface area contributed by atoms with Crippen LogP contribution in [0.25, 0.3) is 0 Å². The highest BCUT2D eigenvalue weighted by molar-refractivity contribution is 7.90. The van der Waals surface area contributed by atoms with E-state index in [0.717, 1.165) is 12.8 Å². The van der Waals surface area contributed by atoms with E-state index < -0.39 is 62.9 Å².